The molecule has 2 heterocycles. The molecule has 8 heteroatoms. The van der Waals surface area contributed by atoms with Gasteiger partial charge in [0.05, 0.1) is 42.5 Å². The van der Waals surface area contributed by atoms with Gasteiger partial charge in [-0.2, -0.15) is 5.26 Å². The molecule has 0 spiro atoms. The molecule has 0 saturated carbocycles. The predicted octanol–water partition coefficient (Wildman–Crippen LogP) is 3.84. The molecule has 0 fully saturated rings. The number of benzene rings is 1. The first-order valence-electron chi connectivity index (χ1n) is 8.58. The number of aromatic nitrogens is 1. The van der Waals surface area contributed by atoms with Gasteiger partial charge in [0.25, 0.3) is 0 Å². The molecule has 1 aliphatic heterocycles. The Morgan fingerprint density at radius 3 is 2.82 bits per heavy atom. The number of pyridine rings is 1. The maximum absolute atomic E-state index is 11.4. The third-order valence-corrected chi connectivity index (χ3v) is 4.35. The van der Waals surface area contributed by atoms with Crippen molar-refractivity contribution in [2.24, 2.45) is 0 Å². The zero-order chi connectivity index (χ0) is 20.3. The number of anilines is 1. The first-order valence-corrected chi connectivity index (χ1v) is 8.58. The van der Waals surface area contributed by atoms with Crippen molar-refractivity contribution in [3.63, 3.8) is 0 Å². The van der Waals surface area contributed by atoms with Crippen LogP contribution >= 0.6 is 0 Å². The summed E-state index contributed by atoms with van der Waals surface area (Å²) in [5.74, 6) is 0.340. The summed E-state index contributed by atoms with van der Waals surface area (Å²) in [6.45, 7) is 3.95. The van der Waals surface area contributed by atoms with Gasteiger partial charge in [0, 0.05) is 17.4 Å². The summed E-state index contributed by atoms with van der Waals surface area (Å²) >= 11 is 0. The number of hydrogen-bond acceptors (Lipinski definition) is 7. The molecule has 1 aromatic carbocycles. The summed E-state index contributed by atoms with van der Waals surface area (Å²) in [5, 5.41) is 21.6. The van der Waals surface area contributed by atoms with E-state index in [1.165, 1.54) is 7.11 Å². The average molecular weight is 381 g/mol. The van der Waals surface area contributed by atoms with Gasteiger partial charge >= 0.3 is 6.16 Å². The van der Waals surface area contributed by atoms with Gasteiger partial charge < -0.3 is 24.6 Å². The van der Waals surface area contributed by atoms with Crippen LogP contribution in [0.1, 0.15) is 36.5 Å². The van der Waals surface area contributed by atoms with Crippen LogP contribution in [0.5, 0.6) is 11.6 Å². The van der Waals surface area contributed by atoms with E-state index in [9.17, 15) is 15.2 Å². The van der Waals surface area contributed by atoms with Gasteiger partial charge in [0.1, 0.15) is 11.5 Å². The maximum atomic E-state index is 11.4. The van der Waals surface area contributed by atoms with Gasteiger partial charge in [-0.3, -0.25) is 0 Å². The van der Waals surface area contributed by atoms with Crippen LogP contribution in [0.15, 0.2) is 41.9 Å². The number of nitrogens with zero attached hydrogens (tertiary/aromatic N) is 2. The highest BCUT2D eigenvalue weighted by atomic mass is 16.7. The first kappa shape index (κ1) is 19.0. The van der Waals surface area contributed by atoms with E-state index in [1.807, 2.05) is 6.92 Å². The molecule has 8 nitrogen and oxygen atoms in total. The predicted molar refractivity (Wildman–Crippen MR) is 100 cm³/mol. The number of rotatable bonds is 5. The third-order valence-electron chi connectivity index (χ3n) is 4.35. The van der Waals surface area contributed by atoms with Crippen molar-refractivity contribution < 1.29 is 24.1 Å². The second-order valence-electron chi connectivity index (χ2n) is 5.99. The highest BCUT2D eigenvalue weighted by Gasteiger charge is 2.36. The Labute approximate surface area is 162 Å². The summed E-state index contributed by atoms with van der Waals surface area (Å²) in [6.07, 6.45) is 0.180. The Morgan fingerprint density at radius 2 is 2.18 bits per heavy atom. The van der Waals surface area contributed by atoms with Gasteiger partial charge in [-0.15, -0.1) is 0 Å². The van der Waals surface area contributed by atoms with Crippen molar-refractivity contribution in [1.29, 1.82) is 5.26 Å². The molecular weight excluding hydrogens is 362 g/mol. The summed E-state index contributed by atoms with van der Waals surface area (Å²) in [4.78, 5) is 15.7. The first-order chi connectivity index (χ1) is 13.5. The molecule has 1 aromatic heterocycles. The standard InChI is InChI=1S/C20H19N3O5/c1-4-27-19-17-14(7-8-22-19)23-11(2)18(28-20(24)25)16(17)13-6-5-12(10-21)9-15(13)26-3/h5-9,16,23H,4H2,1-3H3,(H,24,25). The second-order valence-corrected chi connectivity index (χ2v) is 5.99. The van der Waals surface area contributed by atoms with Crippen LogP contribution in [0.3, 0.4) is 0 Å². The minimum Gasteiger partial charge on any atom is -0.496 e. The maximum Gasteiger partial charge on any atom is 0.511 e. The number of allylic oxidation sites excluding steroid dienone is 2. The number of fused-ring (bicyclic) bond motifs is 1. The monoisotopic (exact) mass is 381 g/mol. The largest absolute Gasteiger partial charge is 0.511 e. The van der Waals surface area contributed by atoms with Crippen molar-refractivity contribution in [1.82, 2.24) is 4.98 Å². The van der Waals surface area contributed by atoms with E-state index in [1.54, 1.807) is 37.4 Å². The Balaban J connectivity index is 2.29. The molecule has 0 saturated heterocycles. The minimum atomic E-state index is -1.43. The summed E-state index contributed by atoms with van der Waals surface area (Å²) in [6, 6.07) is 8.81. The normalized spacial score (nSPS) is 15.1. The van der Waals surface area contributed by atoms with Crippen LogP contribution in [0.25, 0.3) is 0 Å². The second kappa shape index (κ2) is 7.88. The van der Waals surface area contributed by atoms with E-state index in [0.29, 0.717) is 40.6 Å². The molecular formula is C20H19N3O5. The van der Waals surface area contributed by atoms with Gasteiger partial charge in [-0.25, -0.2) is 9.78 Å². The third kappa shape index (κ3) is 3.42. The minimum absolute atomic E-state index is 0.192. The van der Waals surface area contributed by atoms with Crippen LogP contribution in [0.2, 0.25) is 0 Å². The van der Waals surface area contributed by atoms with Gasteiger partial charge in [-0.1, -0.05) is 6.07 Å². The highest BCUT2D eigenvalue weighted by Crippen LogP contribution is 2.48. The van der Waals surface area contributed by atoms with Crippen LogP contribution < -0.4 is 14.8 Å². The SMILES string of the molecule is CCOc1nccc2c1C(c1ccc(C#N)cc1OC)C(OC(=O)O)=C(C)N2. The lowest BCUT2D eigenvalue weighted by atomic mass is 9.85. The van der Waals surface area contributed by atoms with Gasteiger partial charge in [0.2, 0.25) is 5.88 Å². The van der Waals surface area contributed by atoms with Crippen molar-refractivity contribution in [3.8, 4) is 17.7 Å². The Morgan fingerprint density at radius 1 is 1.39 bits per heavy atom. The number of hydrogen-bond donors (Lipinski definition) is 2. The molecule has 144 valence electrons. The summed E-state index contributed by atoms with van der Waals surface area (Å²) < 4.78 is 16.3. The fourth-order valence-electron chi connectivity index (χ4n) is 3.25. The quantitative estimate of drug-likeness (QED) is 0.751. The fourth-order valence-corrected chi connectivity index (χ4v) is 3.25. The van der Waals surface area contributed by atoms with Crippen LogP contribution in [-0.2, 0) is 4.74 Å². The van der Waals surface area contributed by atoms with E-state index in [0.717, 1.165) is 5.69 Å². The molecule has 0 bridgehead atoms. The number of methoxy groups -OCH3 is 1. The molecule has 2 aromatic rings. The summed E-state index contributed by atoms with van der Waals surface area (Å²) in [7, 11) is 1.49. The lowest BCUT2D eigenvalue weighted by Crippen LogP contribution is -2.22. The van der Waals surface area contributed by atoms with E-state index in [2.05, 4.69) is 16.4 Å². The highest BCUT2D eigenvalue weighted by molar-refractivity contribution is 5.70. The summed E-state index contributed by atoms with van der Waals surface area (Å²) in [5.41, 5.74) is 2.96. The molecule has 1 aliphatic rings. The molecule has 0 radical (unpaired) electrons. The molecule has 1 unspecified atom stereocenters. The molecule has 0 aliphatic carbocycles. The Kier molecular flexibility index (Phi) is 5.36. The molecule has 0 amide bonds. The Hall–Kier alpha value is -3.73. The molecule has 28 heavy (non-hydrogen) atoms. The number of ether oxygens (including phenoxy) is 3. The van der Waals surface area contributed by atoms with E-state index in [4.69, 9.17) is 14.2 Å². The molecule has 1 atom stereocenters. The zero-order valence-corrected chi connectivity index (χ0v) is 15.6. The zero-order valence-electron chi connectivity index (χ0n) is 15.6. The van der Waals surface area contributed by atoms with Crippen molar-refractivity contribution >= 4 is 11.8 Å². The van der Waals surface area contributed by atoms with Gasteiger partial charge in [0.15, 0.2) is 0 Å². The fraction of sp³-hybridized carbons (Fsp3) is 0.250. The Bertz CT molecular complexity index is 994. The van der Waals surface area contributed by atoms with Crippen molar-refractivity contribution in [3.05, 3.63) is 58.6 Å². The molecule has 2 N–H and O–H groups in total. The topological polar surface area (TPSA) is 114 Å². The van der Waals surface area contributed by atoms with Crippen LogP contribution in [0, 0.1) is 11.3 Å². The van der Waals surface area contributed by atoms with E-state index >= 15 is 0 Å². The number of carboxylic acid groups (broad SMARTS) is 1. The van der Waals surface area contributed by atoms with Crippen molar-refractivity contribution in [2.45, 2.75) is 19.8 Å². The number of carbonyl (C=O) groups is 1. The number of nitriles is 1. The molecule has 3 rings (SSSR count). The van der Waals surface area contributed by atoms with Crippen molar-refractivity contribution in [2.75, 3.05) is 19.0 Å². The number of nitrogens with one attached hydrogen (secondary N) is 1. The van der Waals surface area contributed by atoms with E-state index in [-0.39, 0.29) is 5.76 Å². The average Bonchev–Trinajstić information content (AvgIpc) is 2.68. The van der Waals surface area contributed by atoms with Gasteiger partial charge in [-0.05, 0) is 32.0 Å². The van der Waals surface area contributed by atoms with E-state index < -0.39 is 12.1 Å². The lowest BCUT2D eigenvalue weighted by Gasteiger charge is -2.31. The van der Waals surface area contributed by atoms with Crippen LogP contribution in [-0.4, -0.2) is 30.0 Å². The van der Waals surface area contributed by atoms with Crippen LogP contribution in [0.4, 0.5) is 10.5 Å². The lowest BCUT2D eigenvalue weighted by molar-refractivity contribution is 0.113. The smallest absolute Gasteiger partial charge is 0.496 e.